The summed E-state index contributed by atoms with van der Waals surface area (Å²) in [4.78, 5) is 1.47. The Bertz CT molecular complexity index is 490. The summed E-state index contributed by atoms with van der Waals surface area (Å²) in [5.74, 6) is 1.68. The monoisotopic (exact) mass is 249 g/mol. The Kier molecular flexibility index (Phi) is 4.09. The predicted octanol–water partition coefficient (Wildman–Crippen LogP) is 1.39. The number of rotatable bonds is 6. The van der Waals surface area contributed by atoms with Gasteiger partial charge in [0.05, 0.1) is 19.4 Å². The number of aromatic nitrogens is 4. The molecule has 6 nitrogen and oxygen atoms in total. The van der Waals surface area contributed by atoms with E-state index in [0.29, 0.717) is 6.42 Å². The Hall–Kier alpha value is -1.69. The Balaban J connectivity index is 2.12. The number of nitrogens with zero attached hydrogens (tertiary/aromatic N) is 4. The van der Waals surface area contributed by atoms with Crippen LogP contribution in [-0.2, 0) is 13.5 Å². The molecule has 1 unspecified atom stereocenters. The van der Waals surface area contributed by atoms with Crippen LogP contribution in [0.15, 0.2) is 16.7 Å². The number of furan rings is 1. The summed E-state index contributed by atoms with van der Waals surface area (Å²) in [6.07, 6.45) is 3.47. The van der Waals surface area contributed by atoms with Crippen molar-refractivity contribution in [2.45, 2.75) is 32.7 Å². The first kappa shape index (κ1) is 12.8. The zero-order valence-corrected chi connectivity index (χ0v) is 11.1. The third-order valence-corrected chi connectivity index (χ3v) is 2.80. The molecule has 0 aromatic carbocycles. The third kappa shape index (κ3) is 2.95. The van der Waals surface area contributed by atoms with Crippen LogP contribution in [-0.4, -0.2) is 26.8 Å². The van der Waals surface area contributed by atoms with Crippen molar-refractivity contribution in [3.8, 4) is 0 Å². The lowest BCUT2D eigenvalue weighted by atomic mass is 10.1. The van der Waals surface area contributed by atoms with Crippen molar-refractivity contribution < 1.29 is 4.42 Å². The van der Waals surface area contributed by atoms with Crippen LogP contribution in [0.25, 0.3) is 0 Å². The number of hydrogen-bond donors (Lipinski definition) is 1. The Morgan fingerprint density at radius 1 is 1.50 bits per heavy atom. The van der Waals surface area contributed by atoms with E-state index in [0.717, 1.165) is 30.1 Å². The minimum Gasteiger partial charge on any atom is -0.467 e. The van der Waals surface area contributed by atoms with Crippen molar-refractivity contribution in [2.24, 2.45) is 7.05 Å². The van der Waals surface area contributed by atoms with Crippen LogP contribution in [0.2, 0.25) is 0 Å². The molecule has 1 atom stereocenters. The quantitative estimate of drug-likeness (QED) is 0.838. The third-order valence-electron chi connectivity index (χ3n) is 2.80. The van der Waals surface area contributed by atoms with E-state index < -0.39 is 0 Å². The van der Waals surface area contributed by atoms with Crippen LogP contribution in [0.4, 0.5) is 0 Å². The van der Waals surface area contributed by atoms with Gasteiger partial charge in [-0.15, -0.1) is 10.2 Å². The molecular formula is C12H19N5O. The van der Waals surface area contributed by atoms with Crippen molar-refractivity contribution in [2.75, 3.05) is 6.54 Å². The van der Waals surface area contributed by atoms with E-state index in [1.807, 2.05) is 13.0 Å². The molecule has 0 bridgehead atoms. The molecule has 6 heteroatoms. The van der Waals surface area contributed by atoms with E-state index in [1.165, 1.54) is 4.80 Å². The fourth-order valence-electron chi connectivity index (χ4n) is 1.91. The fraction of sp³-hybridized carbons (Fsp3) is 0.583. The topological polar surface area (TPSA) is 68.8 Å². The molecule has 18 heavy (non-hydrogen) atoms. The molecule has 98 valence electrons. The van der Waals surface area contributed by atoms with Crippen LogP contribution >= 0.6 is 0 Å². The van der Waals surface area contributed by atoms with Gasteiger partial charge in [-0.1, -0.05) is 6.92 Å². The Morgan fingerprint density at radius 2 is 2.33 bits per heavy atom. The van der Waals surface area contributed by atoms with Gasteiger partial charge in [0.1, 0.15) is 5.76 Å². The molecule has 0 aliphatic carbocycles. The zero-order valence-electron chi connectivity index (χ0n) is 11.1. The summed E-state index contributed by atoms with van der Waals surface area (Å²) in [5, 5.41) is 15.5. The summed E-state index contributed by atoms with van der Waals surface area (Å²) in [6.45, 7) is 5.12. The second-order valence-corrected chi connectivity index (χ2v) is 4.37. The second kappa shape index (κ2) is 5.77. The first-order chi connectivity index (χ1) is 8.70. The lowest BCUT2D eigenvalue weighted by molar-refractivity contribution is 0.403. The summed E-state index contributed by atoms with van der Waals surface area (Å²) in [7, 11) is 1.77. The molecule has 2 aromatic heterocycles. The highest BCUT2D eigenvalue weighted by Crippen LogP contribution is 2.21. The van der Waals surface area contributed by atoms with Crippen molar-refractivity contribution in [1.82, 2.24) is 25.5 Å². The van der Waals surface area contributed by atoms with Gasteiger partial charge in [-0.3, -0.25) is 0 Å². The van der Waals surface area contributed by atoms with Gasteiger partial charge in [0.2, 0.25) is 0 Å². The van der Waals surface area contributed by atoms with Crippen molar-refractivity contribution in [3.05, 3.63) is 29.5 Å². The minimum atomic E-state index is 0.101. The molecule has 2 heterocycles. The lowest BCUT2D eigenvalue weighted by Gasteiger charge is -2.15. The van der Waals surface area contributed by atoms with Crippen LogP contribution in [0.1, 0.15) is 36.5 Å². The molecule has 0 aliphatic heterocycles. The summed E-state index contributed by atoms with van der Waals surface area (Å²) >= 11 is 0. The Labute approximate surface area is 106 Å². The maximum absolute atomic E-state index is 5.56. The van der Waals surface area contributed by atoms with Crippen molar-refractivity contribution in [3.63, 3.8) is 0 Å². The van der Waals surface area contributed by atoms with Gasteiger partial charge in [0.15, 0.2) is 5.82 Å². The van der Waals surface area contributed by atoms with Gasteiger partial charge >= 0.3 is 0 Å². The Morgan fingerprint density at radius 3 is 2.89 bits per heavy atom. The molecule has 0 saturated heterocycles. The van der Waals surface area contributed by atoms with Crippen molar-refractivity contribution >= 4 is 0 Å². The number of nitrogens with one attached hydrogen (secondary N) is 1. The van der Waals surface area contributed by atoms with E-state index in [-0.39, 0.29) is 6.04 Å². The average Bonchev–Trinajstić information content (AvgIpc) is 2.93. The van der Waals surface area contributed by atoms with Crippen LogP contribution in [0.5, 0.6) is 0 Å². The maximum Gasteiger partial charge on any atom is 0.176 e. The first-order valence-corrected chi connectivity index (χ1v) is 6.21. The van der Waals surface area contributed by atoms with Gasteiger partial charge < -0.3 is 9.73 Å². The summed E-state index contributed by atoms with van der Waals surface area (Å²) in [6, 6.07) is 2.07. The molecule has 0 spiro atoms. The standard InChI is InChI=1S/C12H19N5O/c1-4-6-13-10(12-9(2)5-7-18-12)8-11-14-16-17(3)15-11/h5,7,10,13H,4,6,8H2,1-3H3. The van der Waals surface area contributed by atoms with Gasteiger partial charge in [-0.05, 0) is 36.7 Å². The van der Waals surface area contributed by atoms with E-state index in [1.54, 1.807) is 13.3 Å². The number of tetrazole rings is 1. The highest BCUT2D eigenvalue weighted by Gasteiger charge is 2.19. The largest absolute Gasteiger partial charge is 0.467 e. The van der Waals surface area contributed by atoms with Gasteiger partial charge in [-0.25, -0.2) is 0 Å². The van der Waals surface area contributed by atoms with E-state index in [4.69, 9.17) is 4.42 Å². The van der Waals surface area contributed by atoms with Crippen LogP contribution < -0.4 is 5.32 Å². The highest BCUT2D eigenvalue weighted by molar-refractivity contribution is 5.19. The number of hydrogen-bond acceptors (Lipinski definition) is 5. The molecule has 2 rings (SSSR count). The maximum atomic E-state index is 5.56. The zero-order chi connectivity index (χ0) is 13.0. The minimum absolute atomic E-state index is 0.101. The van der Waals surface area contributed by atoms with E-state index in [2.05, 4.69) is 27.7 Å². The molecule has 0 aliphatic rings. The molecule has 1 N–H and O–H groups in total. The van der Waals surface area contributed by atoms with Gasteiger partial charge in [-0.2, -0.15) is 4.80 Å². The predicted molar refractivity (Wildman–Crippen MR) is 67.0 cm³/mol. The molecule has 0 amide bonds. The highest BCUT2D eigenvalue weighted by atomic mass is 16.3. The summed E-state index contributed by atoms with van der Waals surface area (Å²) < 4.78 is 5.56. The summed E-state index contributed by atoms with van der Waals surface area (Å²) in [5.41, 5.74) is 1.15. The smallest absolute Gasteiger partial charge is 0.176 e. The van der Waals surface area contributed by atoms with Gasteiger partial charge in [0.25, 0.3) is 0 Å². The van der Waals surface area contributed by atoms with E-state index >= 15 is 0 Å². The fourth-order valence-corrected chi connectivity index (χ4v) is 1.91. The molecular weight excluding hydrogens is 230 g/mol. The second-order valence-electron chi connectivity index (χ2n) is 4.37. The van der Waals surface area contributed by atoms with Gasteiger partial charge in [0, 0.05) is 6.42 Å². The molecule has 0 fully saturated rings. The molecule has 2 aromatic rings. The normalized spacial score (nSPS) is 12.8. The molecule has 0 radical (unpaired) electrons. The van der Waals surface area contributed by atoms with Crippen molar-refractivity contribution in [1.29, 1.82) is 0 Å². The molecule has 0 saturated carbocycles. The number of aryl methyl sites for hydroxylation is 2. The first-order valence-electron chi connectivity index (χ1n) is 6.21. The SMILES string of the molecule is CCCNC(Cc1nnn(C)n1)c1occc1C. The lowest BCUT2D eigenvalue weighted by Crippen LogP contribution is -2.24. The van der Waals surface area contributed by atoms with E-state index in [9.17, 15) is 0 Å². The van der Waals surface area contributed by atoms with Crippen LogP contribution in [0.3, 0.4) is 0 Å². The average molecular weight is 249 g/mol. The van der Waals surface area contributed by atoms with Crippen LogP contribution in [0, 0.1) is 6.92 Å².